The van der Waals surface area contributed by atoms with Crippen molar-refractivity contribution in [1.82, 2.24) is 10.3 Å². The highest BCUT2D eigenvalue weighted by molar-refractivity contribution is 7.98. The molecule has 6 heteroatoms. The lowest BCUT2D eigenvalue weighted by Crippen LogP contribution is -2.25. The van der Waals surface area contributed by atoms with Gasteiger partial charge in [-0.05, 0) is 37.3 Å². The lowest BCUT2D eigenvalue weighted by Gasteiger charge is -2.09. The number of ether oxygens (including phenoxy) is 1. The lowest BCUT2D eigenvalue weighted by atomic mass is 10.2. The topological polar surface area (TPSA) is 51.2 Å². The van der Waals surface area contributed by atoms with E-state index in [1.807, 2.05) is 35.2 Å². The molecule has 0 spiro atoms. The molecule has 2 aromatic rings. The number of thiazole rings is 1. The molecule has 1 aliphatic carbocycles. The van der Waals surface area contributed by atoms with Crippen LogP contribution in [0.25, 0.3) is 0 Å². The largest absolute Gasteiger partial charge is 0.381 e. The fraction of sp³-hybridized carbons (Fsp3) is 0.444. The smallest absolute Gasteiger partial charge is 0.252 e. The predicted molar refractivity (Wildman–Crippen MR) is 98.6 cm³/mol. The highest BCUT2D eigenvalue weighted by Gasteiger charge is 2.20. The first-order chi connectivity index (χ1) is 11.8. The second-order valence-corrected chi connectivity index (χ2v) is 7.63. The SMILES string of the molecule is O=C(NCCCOCC1CC1)c1ccccc1SCc1cscn1. The fourth-order valence-corrected chi connectivity index (χ4v) is 3.86. The minimum absolute atomic E-state index is 0.0152. The third-order valence-corrected chi connectivity index (χ3v) is 5.53. The third kappa shape index (κ3) is 5.61. The number of amides is 1. The average molecular weight is 363 g/mol. The van der Waals surface area contributed by atoms with Crippen LogP contribution >= 0.6 is 23.1 Å². The number of benzene rings is 1. The van der Waals surface area contributed by atoms with Crippen molar-refractivity contribution < 1.29 is 9.53 Å². The number of nitrogens with one attached hydrogen (secondary N) is 1. The van der Waals surface area contributed by atoms with Gasteiger partial charge in [0.25, 0.3) is 5.91 Å². The molecule has 0 atom stereocenters. The van der Waals surface area contributed by atoms with Crippen molar-refractivity contribution >= 4 is 29.0 Å². The van der Waals surface area contributed by atoms with E-state index in [0.29, 0.717) is 6.54 Å². The first-order valence-electron chi connectivity index (χ1n) is 8.28. The predicted octanol–water partition coefficient (Wildman–Crippen LogP) is 3.98. The number of hydrogen-bond acceptors (Lipinski definition) is 5. The van der Waals surface area contributed by atoms with Crippen LogP contribution in [0.3, 0.4) is 0 Å². The standard InChI is InChI=1S/C18H22N2O2S2/c21-18(19-8-3-9-22-10-14-6-7-14)16-4-1-2-5-17(16)24-12-15-11-23-13-20-15/h1-2,4-5,11,13-14H,3,6-10,12H2,(H,19,21). The van der Waals surface area contributed by atoms with Crippen LogP contribution in [0.2, 0.25) is 0 Å². The molecule has 3 rings (SSSR count). The van der Waals surface area contributed by atoms with Crippen LogP contribution in [-0.4, -0.2) is 30.6 Å². The van der Waals surface area contributed by atoms with Crippen LogP contribution in [0.4, 0.5) is 0 Å². The van der Waals surface area contributed by atoms with Gasteiger partial charge in [0, 0.05) is 35.8 Å². The third-order valence-electron chi connectivity index (χ3n) is 3.79. The van der Waals surface area contributed by atoms with Gasteiger partial charge in [-0.3, -0.25) is 4.79 Å². The Morgan fingerprint density at radius 3 is 3.04 bits per heavy atom. The molecule has 1 fully saturated rings. The van der Waals surface area contributed by atoms with Crippen molar-refractivity contribution in [2.75, 3.05) is 19.8 Å². The van der Waals surface area contributed by atoms with Crippen LogP contribution in [0.1, 0.15) is 35.3 Å². The molecule has 0 radical (unpaired) electrons. The van der Waals surface area contributed by atoms with E-state index in [-0.39, 0.29) is 5.91 Å². The Kier molecular flexibility index (Phi) is 6.69. The Labute approximate surface area is 151 Å². The molecular formula is C18H22N2O2S2. The van der Waals surface area contributed by atoms with Crippen molar-refractivity contribution in [3.05, 3.63) is 46.4 Å². The zero-order valence-electron chi connectivity index (χ0n) is 13.6. The summed E-state index contributed by atoms with van der Waals surface area (Å²) in [6.07, 6.45) is 3.48. The molecule has 1 amide bonds. The zero-order valence-corrected chi connectivity index (χ0v) is 15.2. The van der Waals surface area contributed by atoms with Crippen molar-refractivity contribution in [1.29, 1.82) is 0 Å². The monoisotopic (exact) mass is 362 g/mol. The molecule has 1 heterocycles. The summed E-state index contributed by atoms with van der Waals surface area (Å²) in [6.45, 7) is 2.25. The quantitative estimate of drug-likeness (QED) is 0.513. The van der Waals surface area contributed by atoms with E-state index in [1.54, 1.807) is 23.1 Å². The normalized spacial score (nSPS) is 13.8. The van der Waals surface area contributed by atoms with Crippen LogP contribution < -0.4 is 5.32 Å². The van der Waals surface area contributed by atoms with Crippen molar-refractivity contribution in [2.24, 2.45) is 5.92 Å². The van der Waals surface area contributed by atoms with Crippen LogP contribution in [-0.2, 0) is 10.5 Å². The number of aromatic nitrogens is 1. The molecule has 1 aromatic carbocycles. The molecule has 128 valence electrons. The van der Waals surface area contributed by atoms with E-state index in [9.17, 15) is 4.79 Å². The van der Waals surface area contributed by atoms with Gasteiger partial charge in [0.2, 0.25) is 0 Å². The second kappa shape index (κ2) is 9.20. The number of carbonyl (C=O) groups is 1. The van der Waals surface area contributed by atoms with Crippen molar-refractivity contribution in [3.63, 3.8) is 0 Å². The minimum Gasteiger partial charge on any atom is -0.381 e. The summed E-state index contributed by atoms with van der Waals surface area (Å²) < 4.78 is 5.59. The first-order valence-corrected chi connectivity index (χ1v) is 10.2. The lowest BCUT2D eigenvalue weighted by molar-refractivity contribution is 0.0934. The summed E-state index contributed by atoms with van der Waals surface area (Å²) in [7, 11) is 0. The maximum absolute atomic E-state index is 12.4. The number of hydrogen-bond donors (Lipinski definition) is 1. The number of nitrogens with zero attached hydrogens (tertiary/aromatic N) is 1. The Morgan fingerprint density at radius 2 is 2.25 bits per heavy atom. The molecule has 0 saturated heterocycles. The summed E-state index contributed by atoms with van der Waals surface area (Å²) in [6, 6.07) is 7.74. The molecule has 0 unspecified atom stereocenters. The zero-order chi connectivity index (χ0) is 16.6. The molecule has 0 aliphatic heterocycles. The molecule has 1 aliphatic rings. The van der Waals surface area contributed by atoms with Crippen molar-refractivity contribution in [3.8, 4) is 0 Å². The van der Waals surface area contributed by atoms with Gasteiger partial charge in [-0.1, -0.05) is 12.1 Å². The van der Waals surface area contributed by atoms with Gasteiger partial charge in [0.05, 0.1) is 16.8 Å². The summed E-state index contributed by atoms with van der Waals surface area (Å²) >= 11 is 3.24. The molecular weight excluding hydrogens is 340 g/mol. The van der Waals surface area contributed by atoms with Crippen LogP contribution in [0.5, 0.6) is 0 Å². The van der Waals surface area contributed by atoms with Gasteiger partial charge in [-0.15, -0.1) is 23.1 Å². The van der Waals surface area contributed by atoms with Gasteiger partial charge in [0.15, 0.2) is 0 Å². The van der Waals surface area contributed by atoms with E-state index in [0.717, 1.165) is 47.5 Å². The Morgan fingerprint density at radius 1 is 1.38 bits per heavy atom. The fourth-order valence-electron chi connectivity index (χ4n) is 2.25. The van der Waals surface area contributed by atoms with Gasteiger partial charge < -0.3 is 10.1 Å². The van der Waals surface area contributed by atoms with Crippen molar-refractivity contribution in [2.45, 2.75) is 29.9 Å². The van der Waals surface area contributed by atoms with Gasteiger partial charge >= 0.3 is 0 Å². The summed E-state index contributed by atoms with van der Waals surface area (Å²) in [5.74, 6) is 1.56. The molecule has 24 heavy (non-hydrogen) atoms. The Balaban J connectivity index is 1.43. The molecule has 1 saturated carbocycles. The van der Waals surface area contributed by atoms with E-state index in [2.05, 4.69) is 10.3 Å². The van der Waals surface area contributed by atoms with E-state index in [4.69, 9.17) is 4.74 Å². The minimum atomic E-state index is -0.0152. The molecule has 1 N–H and O–H groups in total. The number of carbonyl (C=O) groups excluding carboxylic acids is 1. The van der Waals surface area contributed by atoms with E-state index < -0.39 is 0 Å². The number of rotatable bonds is 10. The van der Waals surface area contributed by atoms with Gasteiger partial charge in [-0.2, -0.15) is 0 Å². The highest BCUT2D eigenvalue weighted by Crippen LogP contribution is 2.28. The van der Waals surface area contributed by atoms with E-state index in [1.165, 1.54) is 12.8 Å². The maximum atomic E-state index is 12.4. The molecule has 1 aromatic heterocycles. The number of thioether (sulfide) groups is 1. The second-order valence-electron chi connectivity index (χ2n) is 5.89. The van der Waals surface area contributed by atoms with Gasteiger partial charge in [-0.25, -0.2) is 4.98 Å². The summed E-state index contributed by atoms with van der Waals surface area (Å²) in [4.78, 5) is 17.7. The van der Waals surface area contributed by atoms with Crippen LogP contribution in [0, 0.1) is 5.92 Å². The van der Waals surface area contributed by atoms with Crippen LogP contribution in [0.15, 0.2) is 40.1 Å². The first kappa shape index (κ1) is 17.5. The summed E-state index contributed by atoms with van der Waals surface area (Å²) in [5.41, 5.74) is 3.62. The summed E-state index contributed by atoms with van der Waals surface area (Å²) in [5, 5.41) is 5.03. The average Bonchev–Trinajstić information content (AvgIpc) is 3.28. The Hall–Kier alpha value is -1.37. The molecule has 4 nitrogen and oxygen atoms in total. The van der Waals surface area contributed by atoms with E-state index >= 15 is 0 Å². The highest BCUT2D eigenvalue weighted by atomic mass is 32.2. The molecule has 0 bridgehead atoms. The maximum Gasteiger partial charge on any atom is 0.252 e. The Bertz CT molecular complexity index is 642. The van der Waals surface area contributed by atoms with Gasteiger partial charge in [0.1, 0.15) is 0 Å².